The van der Waals surface area contributed by atoms with Gasteiger partial charge in [0.05, 0.1) is 79.3 Å². The van der Waals surface area contributed by atoms with Crippen LogP contribution in [0.4, 0.5) is 4.79 Å². The summed E-state index contributed by atoms with van der Waals surface area (Å²) in [5.74, 6) is 0.841. The number of carbonyl (C=O) groups excluding carboxylic acids is 3. The lowest BCUT2D eigenvalue weighted by Crippen LogP contribution is -2.53. The van der Waals surface area contributed by atoms with Crippen LogP contribution in [-0.2, 0) is 66.9 Å². The van der Waals surface area contributed by atoms with Crippen LogP contribution in [0.15, 0.2) is 152 Å². The molecule has 17 heteroatoms. The van der Waals surface area contributed by atoms with Gasteiger partial charge in [0.1, 0.15) is 74.7 Å². The number of carbonyl (C=O) groups is 3. The predicted octanol–water partition coefficient (Wildman–Crippen LogP) is 7.94. The predicted molar refractivity (Wildman–Crippen MR) is 294 cm³/mol. The molecule has 2 atom stereocenters. The van der Waals surface area contributed by atoms with Gasteiger partial charge in [-0.1, -0.05) is 115 Å². The van der Waals surface area contributed by atoms with Crippen LogP contribution in [0.2, 0.25) is 0 Å². The fourth-order valence-electron chi connectivity index (χ4n) is 8.90. The standard InChI is InChI=1S/C62H70N2O15/c65-60(58(40-46-12-3-1-4-13-46)64-62(67)79-45-57-55-20-9-7-18-53(55)54-19-8-10-21-56(54)57)63-59(41-47-14-5-2-6-15-47)61(66)78-44-48-38-51-43-52(39-48)77-37-33-73-29-25-69-23-27-71-31-35-75-50-17-11-16-49(42-50)74-34-30-70-26-22-68-24-28-72-32-36-76-51/h1-21,38-39,42-43,57-59H,22-37,40-41,44-45H2,(H,63,65)(H,64,67)/t58-,59-/m0/s1. The zero-order valence-electron chi connectivity index (χ0n) is 44.4. The molecule has 0 spiro atoms. The first kappa shape index (κ1) is 57.7. The summed E-state index contributed by atoms with van der Waals surface area (Å²) in [6.45, 7) is 5.50. The minimum Gasteiger partial charge on any atom is -0.491 e. The molecule has 6 aromatic carbocycles. The molecule has 6 aromatic rings. The first-order valence-corrected chi connectivity index (χ1v) is 26.8. The Morgan fingerprint density at radius 3 is 1.29 bits per heavy atom. The molecule has 0 fully saturated rings. The van der Waals surface area contributed by atoms with Crippen LogP contribution in [0.5, 0.6) is 23.0 Å². The summed E-state index contributed by atoms with van der Waals surface area (Å²) in [4.78, 5) is 42.3. The van der Waals surface area contributed by atoms with E-state index in [9.17, 15) is 14.4 Å². The fraction of sp³-hybridized carbons (Fsp3) is 0.371. The SMILES string of the molecule is O=C(N[C@@H](Cc1ccccc1)C(=O)N[C@@H](Cc1ccccc1)C(=O)OCc1cc2cc(c1)OCCOCCOCCOCCOc1cccc(c1)OCCOCCOCCOCCO2)OCC1c2ccccc2-c2ccccc21. The van der Waals surface area contributed by atoms with Crippen LogP contribution < -0.4 is 29.6 Å². The van der Waals surface area contributed by atoms with Gasteiger partial charge >= 0.3 is 12.1 Å². The smallest absolute Gasteiger partial charge is 0.407 e. The van der Waals surface area contributed by atoms with Crippen molar-refractivity contribution in [1.29, 1.82) is 0 Å². The largest absolute Gasteiger partial charge is 0.491 e. The molecule has 0 radical (unpaired) electrons. The minimum absolute atomic E-state index is 0.0621. The number of nitrogens with one attached hydrogen (secondary N) is 2. The normalized spacial score (nSPS) is 16.4. The zero-order valence-corrected chi connectivity index (χ0v) is 44.4. The Labute approximate surface area is 461 Å². The first-order valence-electron chi connectivity index (χ1n) is 26.8. The molecule has 1 aliphatic heterocycles. The molecule has 4 bridgehead atoms. The molecule has 17 nitrogen and oxygen atoms in total. The van der Waals surface area contributed by atoms with Gasteiger partial charge in [0.15, 0.2) is 0 Å². The highest BCUT2D eigenvalue weighted by Gasteiger charge is 2.32. The Morgan fingerprint density at radius 1 is 0.405 bits per heavy atom. The van der Waals surface area contributed by atoms with E-state index in [0.29, 0.717) is 108 Å². The van der Waals surface area contributed by atoms with Gasteiger partial charge in [-0.05, 0) is 63.2 Å². The molecule has 2 N–H and O–H groups in total. The molecular weight excluding hydrogens is 1010 g/mol. The highest BCUT2D eigenvalue weighted by Crippen LogP contribution is 2.44. The van der Waals surface area contributed by atoms with E-state index in [1.54, 1.807) is 18.2 Å². The molecule has 0 saturated heterocycles. The number of ether oxygens (including phenoxy) is 12. The maximum atomic E-state index is 14.4. The Balaban J connectivity index is 0.874. The van der Waals surface area contributed by atoms with E-state index in [2.05, 4.69) is 22.8 Å². The molecule has 2 aliphatic rings. The zero-order chi connectivity index (χ0) is 54.5. The fourth-order valence-corrected chi connectivity index (χ4v) is 8.90. The Kier molecular flexibility index (Phi) is 23.7. The highest BCUT2D eigenvalue weighted by atomic mass is 16.6. The summed E-state index contributed by atoms with van der Waals surface area (Å²) in [5, 5.41) is 5.72. The third-order valence-electron chi connectivity index (χ3n) is 12.7. The quantitative estimate of drug-likeness (QED) is 0.113. The van der Waals surface area contributed by atoms with Crippen LogP contribution in [0.1, 0.15) is 33.7 Å². The molecular formula is C62H70N2O15. The lowest BCUT2D eigenvalue weighted by molar-refractivity contribution is -0.149. The number of amides is 2. The van der Waals surface area contributed by atoms with Crippen LogP contribution in [0.3, 0.4) is 0 Å². The number of hydrogen-bond acceptors (Lipinski definition) is 15. The van der Waals surface area contributed by atoms with E-state index in [1.807, 2.05) is 121 Å². The molecule has 79 heavy (non-hydrogen) atoms. The molecule has 1 aliphatic carbocycles. The van der Waals surface area contributed by atoms with E-state index in [1.165, 1.54) is 0 Å². The molecule has 0 aromatic heterocycles. The Hall–Kier alpha value is -7.51. The number of esters is 1. The van der Waals surface area contributed by atoms with Gasteiger partial charge in [0.25, 0.3) is 0 Å². The average molecular weight is 1080 g/mol. The molecule has 0 unspecified atom stereocenters. The number of fused-ring (bicyclic) bond motifs is 7. The van der Waals surface area contributed by atoms with Gasteiger partial charge in [-0.3, -0.25) is 4.79 Å². The van der Waals surface area contributed by atoms with Crippen molar-refractivity contribution in [2.75, 3.05) is 112 Å². The lowest BCUT2D eigenvalue weighted by Gasteiger charge is -2.23. The number of rotatable bonds is 12. The number of hydrogen-bond donors (Lipinski definition) is 2. The summed E-state index contributed by atoms with van der Waals surface area (Å²) >= 11 is 0. The van der Waals surface area contributed by atoms with E-state index in [0.717, 1.165) is 33.4 Å². The van der Waals surface area contributed by atoms with Crippen molar-refractivity contribution in [3.8, 4) is 34.1 Å². The van der Waals surface area contributed by atoms with Gasteiger partial charge < -0.3 is 67.5 Å². The molecule has 0 saturated carbocycles. The summed E-state index contributed by atoms with van der Waals surface area (Å²) in [5.41, 5.74) is 6.48. The molecule has 2 amide bonds. The third-order valence-corrected chi connectivity index (χ3v) is 12.7. The summed E-state index contributed by atoms with van der Waals surface area (Å²) in [6, 6.07) is 45.2. The lowest BCUT2D eigenvalue weighted by atomic mass is 9.98. The van der Waals surface area contributed by atoms with Crippen molar-refractivity contribution in [3.05, 3.63) is 179 Å². The van der Waals surface area contributed by atoms with E-state index >= 15 is 0 Å². The van der Waals surface area contributed by atoms with Crippen LogP contribution >= 0.6 is 0 Å². The van der Waals surface area contributed by atoms with E-state index in [4.69, 9.17) is 56.8 Å². The van der Waals surface area contributed by atoms with Gasteiger partial charge in [-0.15, -0.1) is 0 Å². The first-order chi connectivity index (χ1) is 38.9. The Bertz CT molecular complexity index is 2670. The molecule has 1 heterocycles. The van der Waals surface area contributed by atoms with Gasteiger partial charge in [0, 0.05) is 30.9 Å². The second kappa shape index (κ2) is 32.4. The second-order valence-corrected chi connectivity index (χ2v) is 18.4. The maximum Gasteiger partial charge on any atom is 0.407 e. The van der Waals surface area contributed by atoms with Gasteiger partial charge in [-0.25, -0.2) is 9.59 Å². The topological polar surface area (TPSA) is 186 Å². The van der Waals surface area contributed by atoms with Crippen molar-refractivity contribution in [2.45, 2.75) is 37.5 Å². The van der Waals surface area contributed by atoms with Crippen LogP contribution in [0, 0.1) is 0 Å². The third kappa shape index (κ3) is 19.4. The van der Waals surface area contributed by atoms with Crippen molar-refractivity contribution in [2.24, 2.45) is 0 Å². The van der Waals surface area contributed by atoms with Crippen molar-refractivity contribution < 1.29 is 71.2 Å². The molecule has 418 valence electrons. The van der Waals surface area contributed by atoms with Crippen molar-refractivity contribution >= 4 is 18.0 Å². The monoisotopic (exact) mass is 1080 g/mol. The maximum absolute atomic E-state index is 14.4. The number of benzene rings is 6. The van der Waals surface area contributed by atoms with Crippen molar-refractivity contribution in [1.82, 2.24) is 10.6 Å². The average Bonchev–Trinajstić information content (AvgIpc) is 4.00. The summed E-state index contributed by atoms with van der Waals surface area (Å²) in [6.07, 6.45) is -0.517. The van der Waals surface area contributed by atoms with Crippen LogP contribution in [0.25, 0.3) is 11.1 Å². The highest BCUT2D eigenvalue weighted by molar-refractivity contribution is 5.90. The Morgan fingerprint density at radius 2 is 0.810 bits per heavy atom. The van der Waals surface area contributed by atoms with Crippen LogP contribution in [-0.4, -0.2) is 142 Å². The summed E-state index contributed by atoms with van der Waals surface area (Å²) < 4.78 is 69.8. The van der Waals surface area contributed by atoms with E-state index in [-0.39, 0.29) is 58.4 Å². The van der Waals surface area contributed by atoms with Crippen molar-refractivity contribution in [3.63, 3.8) is 0 Å². The van der Waals surface area contributed by atoms with E-state index < -0.39 is 30.1 Å². The molecule has 8 rings (SSSR count). The van der Waals surface area contributed by atoms with Gasteiger partial charge in [-0.2, -0.15) is 0 Å². The minimum atomic E-state index is -1.14. The van der Waals surface area contributed by atoms with Gasteiger partial charge in [0.2, 0.25) is 5.91 Å². The second-order valence-electron chi connectivity index (χ2n) is 18.4. The summed E-state index contributed by atoms with van der Waals surface area (Å²) in [7, 11) is 0. The number of alkyl carbamates (subject to hydrolysis) is 1.